The van der Waals surface area contributed by atoms with E-state index in [0.717, 1.165) is 25.7 Å². The van der Waals surface area contributed by atoms with Gasteiger partial charge in [-0.25, -0.2) is 0 Å². The molecule has 7 heteroatoms. The molecule has 3 rings (SSSR count). The van der Waals surface area contributed by atoms with Gasteiger partial charge in [0.25, 0.3) is 0 Å². The monoisotopic (exact) mass is 361 g/mol. The topological polar surface area (TPSA) is 82.1 Å². The van der Waals surface area contributed by atoms with Crippen LogP contribution in [0.4, 0.5) is 0 Å². The molecule has 2 atom stereocenters. The molecule has 0 bridgehead atoms. The van der Waals surface area contributed by atoms with Crippen LogP contribution in [0.5, 0.6) is 17.2 Å². The lowest BCUT2D eigenvalue weighted by Gasteiger charge is -2.19. The normalized spacial score (nSPS) is 22.2. The number of nitrogens with zero attached hydrogens (tertiary/aromatic N) is 1. The number of imide groups is 1. The second kappa shape index (κ2) is 7.76. The van der Waals surface area contributed by atoms with Crippen molar-refractivity contribution >= 4 is 17.8 Å². The number of para-hydroxylation sites is 1. The number of ether oxygens (including phenoxy) is 3. The number of amides is 2. The Hall–Kier alpha value is -2.57. The van der Waals surface area contributed by atoms with Gasteiger partial charge in [-0.2, -0.15) is 0 Å². The number of carbonyl (C=O) groups excluding carboxylic acids is 3. The van der Waals surface area contributed by atoms with Gasteiger partial charge in [0.2, 0.25) is 17.6 Å². The molecule has 1 saturated carbocycles. The van der Waals surface area contributed by atoms with E-state index in [-0.39, 0.29) is 42.4 Å². The predicted octanol–water partition coefficient (Wildman–Crippen LogP) is 2.17. The molecule has 1 aliphatic heterocycles. The summed E-state index contributed by atoms with van der Waals surface area (Å²) in [6.45, 7) is 0.0426. The van der Waals surface area contributed by atoms with Crippen LogP contribution >= 0.6 is 0 Å². The molecule has 0 N–H and O–H groups in total. The molecule has 7 nitrogen and oxygen atoms in total. The van der Waals surface area contributed by atoms with Gasteiger partial charge in [-0.1, -0.05) is 18.9 Å². The van der Waals surface area contributed by atoms with Gasteiger partial charge in [-0.05, 0) is 25.0 Å². The Morgan fingerprint density at radius 2 is 1.58 bits per heavy atom. The Kier molecular flexibility index (Phi) is 5.44. The van der Waals surface area contributed by atoms with E-state index in [0.29, 0.717) is 11.5 Å². The van der Waals surface area contributed by atoms with E-state index >= 15 is 0 Å². The maximum atomic E-state index is 12.4. The van der Waals surface area contributed by atoms with E-state index in [1.807, 2.05) is 0 Å². The summed E-state index contributed by atoms with van der Waals surface area (Å²) in [5.41, 5.74) is 0. The van der Waals surface area contributed by atoms with Crippen molar-refractivity contribution in [3.05, 3.63) is 18.2 Å². The number of hydrogen-bond donors (Lipinski definition) is 0. The Balaban J connectivity index is 1.63. The fourth-order valence-corrected chi connectivity index (χ4v) is 3.74. The van der Waals surface area contributed by atoms with Crippen LogP contribution in [0.1, 0.15) is 32.1 Å². The molecule has 1 aromatic rings. The molecule has 2 fully saturated rings. The summed E-state index contributed by atoms with van der Waals surface area (Å²) < 4.78 is 15.7. The van der Waals surface area contributed by atoms with E-state index in [9.17, 15) is 14.4 Å². The summed E-state index contributed by atoms with van der Waals surface area (Å²) in [7, 11) is 2.94. The number of benzene rings is 1. The number of hydrogen-bond acceptors (Lipinski definition) is 6. The second-order valence-electron chi connectivity index (χ2n) is 6.54. The molecule has 2 aliphatic rings. The zero-order chi connectivity index (χ0) is 18.7. The van der Waals surface area contributed by atoms with Crippen molar-refractivity contribution in [1.29, 1.82) is 0 Å². The maximum Gasteiger partial charge on any atom is 0.313 e. The Bertz CT molecular complexity index is 670. The van der Waals surface area contributed by atoms with E-state index in [1.54, 1.807) is 18.2 Å². The number of methoxy groups -OCH3 is 2. The first-order valence-electron chi connectivity index (χ1n) is 8.83. The van der Waals surface area contributed by atoms with E-state index in [2.05, 4.69) is 0 Å². The van der Waals surface area contributed by atoms with E-state index < -0.39 is 5.97 Å². The van der Waals surface area contributed by atoms with Gasteiger partial charge in [0.1, 0.15) is 0 Å². The highest BCUT2D eigenvalue weighted by molar-refractivity contribution is 6.05. The van der Waals surface area contributed by atoms with Crippen LogP contribution in [0.3, 0.4) is 0 Å². The lowest BCUT2D eigenvalue weighted by Crippen LogP contribution is -2.33. The molecule has 1 aliphatic carbocycles. The third-order valence-electron chi connectivity index (χ3n) is 5.07. The Morgan fingerprint density at radius 3 is 2.08 bits per heavy atom. The van der Waals surface area contributed by atoms with Crippen LogP contribution in [0.25, 0.3) is 0 Å². The number of carbonyl (C=O) groups is 3. The van der Waals surface area contributed by atoms with Crippen LogP contribution in [0.15, 0.2) is 18.2 Å². The summed E-state index contributed by atoms with van der Waals surface area (Å²) in [5.74, 6) is -0.333. The minimum Gasteiger partial charge on any atom is -0.493 e. The number of rotatable bonds is 6. The van der Waals surface area contributed by atoms with Gasteiger partial charge in [-0.15, -0.1) is 0 Å². The van der Waals surface area contributed by atoms with Gasteiger partial charge < -0.3 is 14.2 Å². The molecular formula is C19H23NO6. The van der Waals surface area contributed by atoms with Crippen molar-refractivity contribution in [2.45, 2.75) is 32.1 Å². The second-order valence-corrected chi connectivity index (χ2v) is 6.54. The van der Waals surface area contributed by atoms with Gasteiger partial charge in [0, 0.05) is 6.54 Å². The Labute approximate surface area is 152 Å². The smallest absolute Gasteiger partial charge is 0.313 e. The first-order valence-corrected chi connectivity index (χ1v) is 8.83. The molecule has 2 amide bonds. The molecule has 26 heavy (non-hydrogen) atoms. The quantitative estimate of drug-likeness (QED) is 0.439. The summed E-state index contributed by atoms with van der Waals surface area (Å²) in [4.78, 5) is 38.3. The number of likely N-dealkylation sites (tertiary alicyclic amines) is 1. The van der Waals surface area contributed by atoms with Crippen molar-refractivity contribution in [3.8, 4) is 17.2 Å². The molecule has 140 valence electrons. The summed E-state index contributed by atoms with van der Waals surface area (Å²) in [6, 6.07) is 5.03. The third kappa shape index (κ3) is 3.38. The molecule has 1 aromatic carbocycles. The summed E-state index contributed by atoms with van der Waals surface area (Å²) >= 11 is 0. The third-order valence-corrected chi connectivity index (χ3v) is 5.07. The minimum atomic E-state index is -0.553. The molecular weight excluding hydrogens is 338 g/mol. The zero-order valence-electron chi connectivity index (χ0n) is 15.0. The molecule has 1 saturated heterocycles. The summed E-state index contributed by atoms with van der Waals surface area (Å²) in [6.07, 6.45) is 3.40. The van der Waals surface area contributed by atoms with Crippen LogP contribution in [-0.4, -0.2) is 43.4 Å². The average molecular weight is 361 g/mol. The lowest BCUT2D eigenvalue weighted by molar-refractivity contribution is -0.141. The van der Waals surface area contributed by atoms with Gasteiger partial charge >= 0.3 is 5.97 Å². The fourth-order valence-electron chi connectivity index (χ4n) is 3.74. The van der Waals surface area contributed by atoms with Crippen LogP contribution < -0.4 is 14.2 Å². The zero-order valence-corrected chi connectivity index (χ0v) is 15.0. The van der Waals surface area contributed by atoms with Crippen molar-refractivity contribution in [1.82, 2.24) is 4.90 Å². The van der Waals surface area contributed by atoms with Crippen molar-refractivity contribution in [2.24, 2.45) is 11.8 Å². The minimum absolute atomic E-state index is 0.0426. The average Bonchev–Trinajstić information content (AvgIpc) is 2.91. The van der Waals surface area contributed by atoms with Gasteiger partial charge in [0.05, 0.1) is 32.5 Å². The first-order chi connectivity index (χ1) is 12.6. The number of esters is 1. The molecule has 0 unspecified atom stereocenters. The fraction of sp³-hybridized carbons (Fsp3) is 0.526. The molecule has 0 aromatic heterocycles. The number of fused-ring (bicyclic) bond motifs is 1. The van der Waals surface area contributed by atoms with Crippen LogP contribution in [-0.2, 0) is 14.4 Å². The van der Waals surface area contributed by atoms with Gasteiger partial charge in [0.15, 0.2) is 11.5 Å². The highest BCUT2D eigenvalue weighted by atomic mass is 16.6. The first kappa shape index (κ1) is 18.2. The molecule has 0 spiro atoms. The Morgan fingerprint density at radius 1 is 1.04 bits per heavy atom. The molecule has 0 radical (unpaired) electrons. The van der Waals surface area contributed by atoms with Crippen molar-refractivity contribution < 1.29 is 28.6 Å². The van der Waals surface area contributed by atoms with Crippen LogP contribution in [0.2, 0.25) is 0 Å². The summed E-state index contributed by atoms with van der Waals surface area (Å²) in [5, 5.41) is 0. The largest absolute Gasteiger partial charge is 0.493 e. The van der Waals surface area contributed by atoms with Crippen LogP contribution in [0, 0.1) is 11.8 Å². The van der Waals surface area contributed by atoms with Crippen molar-refractivity contribution in [2.75, 3.05) is 20.8 Å². The van der Waals surface area contributed by atoms with Crippen molar-refractivity contribution in [3.63, 3.8) is 0 Å². The maximum absolute atomic E-state index is 12.4. The molecule has 1 heterocycles. The SMILES string of the molecule is COc1cccc(OC)c1OC(=O)CCN1C(=O)[C@H]2CCCC[C@H]2C1=O. The van der Waals surface area contributed by atoms with E-state index in [1.165, 1.54) is 19.1 Å². The van der Waals surface area contributed by atoms with E-state index in [4.69, 9.17) is 14.2 Å². The predicted molar refractivity (Wildman–Crippen MR) is 92.0 cm³/mol. The lowest BCUT2D eigenvalue weighted by atomic mass is 9.81. The highest BCUT2D eigenvalue weighted by Crippen LogP contribution is 2.39. The standard InChI is InChI=1S/C19H23NO6/c1-24-14-8-5-9-15(25-2)17(14)26-16(21)10-11-20-18(22)12-6-3-4-7-13(12)19(20)23/h5,8-9,12-13H,3-4,6-7,10-11H2,1-2H3/t12-,13+. The highest BCUT2D eigenvalue weighted by Gasteiger charge is 2.47. The van der Waals surface area contributed by atoms with Gasteiger partial charge in [-0.3, -0.25) is 19.3 Å².